The Morgan fingerprint density at radius 1 is 1.36 bits per heavy atom. The minimum absolute atomic E-state index is 0.695. The van der Waals surface area contributed by atoms with E-state index >= 15 is 0 Å². The third kappa shape index (κ3) is 4.25. The monoisotopic (exact) mass is 211 g/mol. The molecule has 80 valence electrons. The number of hydrogen-bond acceptors (Lipinski definition) is 2. The molecule has 0 bridgehead atoms. The molecular weight excluding hydrogens is 190 g/mol. The molecule has 0 radical (unpaired) electrons. The lowest BCUT2D eigenvalue weighted by molar-refractivity contribution is 0.525. The van der Waals surface area contributed by atoms with E-state index in [0.29, 0.717) is 5.92 Å². The van der Waals surface area contributed by atoms with E-state index in [1.54, 1.807) is 11.3 Å². The molecule has 0 spiro atoms. The van der Waals surface area contributed by atoms with Crippen molar-refractivity contribution in [3.05, 3.63) is 22.4 Å². The van der Waals surface area contributed by atoms with Gasteiger partial charge < -0.3 is 5.32 Å². The summed E-state index contributed by atoms with van der Waals surface area (Å²) in [6, 6.07) is 2.23. The molecule has 1 N–H and O–H groups in total. The maximum absolute atomic E-state index is 3.48. The van der Waals surface area contributed by atoms with Crippen LogP contribution in [0.1, 0.15) is 38.7 Å². The van der Waals surface area contributed by atoms with Gasteiger partial charge in [0.15, 0.2) is 0 Å². The molecule has 0 saturated heterocycles. The first kappa shape index (κ1) is 11.7. The molecule has 1 rings (SSSR count). The van der Waals surface area contributed by atoms with Gasteiger partial charge >= 0.3 is 0 Å². The van der Waals surface area contributed by atoms with Crippen molar-refractivity contribution in [2.75, 3.05) is 13.1 Å². The molecule has 0 amide bonds. The van der Waals surface area contributed by atoms with E-state index < -0.39 is 0 Å². The maximum atomic E-state index is 3.48. The molecule has 0 fully saturated rings. The van der Waals surface area contributed by atoms with Crippen LogP contribution in [0.2, 0.25) is 0 Å². The van der Waals surface area contributed by atoms with Crippen LogP contribution in [0.4, 0.5) is 0 Å². The fourth-order valence-electron chi connectivity index (χ4n) is 1.43. The zero-order chi connectivity index (χ0) is 10.4. The van der Waals surface area contributed by atoms with E-state index in [0.717, 1.165) is 19.0 Å². The SMILES string of the molecule is CC(C)CNCCC(C)c1ccsc1. The quantitative estimate of drug-likeness (QED) is 0.710. The van der Waals surface area contributed by atoms with Crippen LogP contribution in [0.5, 0.6) is 0 Å². The summed E-state index contributed by atoms with van der Waals surface area (Å²) in [5.74, 6) is 1.45. The summed E-state index contributed by atoms with van der Waals surface area (Å²) in [5, 5.41) is 7.90. The Bertz CT molecular complexity index is 228. The molecule has 0 aliphatic rings. The minimum Gasteiger partial charge on any atom is -0.316 e. The average molecular weight is 211 g/mol. The first-order valence-electron chi connectivity index (χ1n) is 5.43. The first-order valence-corrected chi connectivity index (χ1v) is 6.37. The Morgan fingerprint density at radius 3 is 2.71 bits per heavy atom. The van der Waals surface area contributed by atoms with Crippen molar-refractivity contribution in [3.63, 3.8) is 0 Å². The Kier molecular flexibility index (Phi) is 5.20. The molecular formula is C12H21NS. The summed E-state index contributed by atoms with van der Waals surface area (Å²) >= 11 is 1.79. The zero-order valence-electron chi connectivity index (χ0n) is 9.42. The van der Waals surface area contributed by atoms with E-state index in [1.165, 1.54) is 12.0 Å². The van der Waals surface area contributed by atoms with Gasteiger partial charge in [-0.25, -0.2) is 0 Å². The van der Waals surface area contributed by atoms with Gasteiger partial charge in [0.05, 0.1) is 0 Å². The molecule has 0 aromatic carbocycles. The lowest BCUT2D eigenvalue weighted by Crippen LogP contribution is -2.21. The highest BCUT2D eigenvalue weighted by Crippen LogP contribution is 2.20. The van der Waals surface area contributed by atoms with E-state index in [4.69, 9.17) is 0 Å². The lowest BCUT2D eigenvalue weighted by atomic mass is 10.0. The van der Waals surface area contributed by atoms with Crippen LogP contribution in [-0.4, -0.2) is 13.1 Å². The van der Waals surface area contributed by atoms with Crippen LogP contribution in [0, 0.1) is 5.92 Å². The molecule has 1 unspecified atom stereocenters. The summed E-state index contributed by atoms with van der Waals surface area (Å²) in [6.45, 7) is 9.06. The van der Waals surface area contributed by atoms with Gasteiger partial charge in [-0.1, -0.05) is 20.8 Å². The van der Waals surface area contributed by atoms with Crippen LogP contribution in [-0.2, 0) is 0 Å². The van der Waals surface area contributed by atoms with Crippen molar-refractivity contribution in [2.24, 2.45) is 5.92 Å². The molecule has 14 heavy (non-hydrogen) atoms. The highest BCUT2D eigenvalue weighted by atomic mass is 32.1. The minimum atomic E-state index is 0.695. The second kappa shape index (κ2) is 6.20. The van der Waals surface area contributed by atoms with Crippen molar-refractivity contribution in [1.29, 1.82) is 0 Å². The standard InChI is InChI=1S/C12H21NS/c1-10(2)8-13-6-4-11(3)12-5-7-14-9-12/h5,7,9-11,13H,4,6,8H2,1-3H3. The fraction of sp³-hybridized carbons (Fsp3) is 0.667. The smallest absolute Gasteiger partial charge is 0.00258 e. The molecule has 0 aliphatic heterocycles. The van der Waals surface area contributed by atoms with Crippen LogP contribution >= 0.6 is 11.3 Å². The predicted molar refractivity (Wildman–Crippen MR) is 65.1 cm³/mol. The summed E-state index contributed by atoms with van der Waals surface area (Å²) in [5.41, 5.74) is 1.49. The second-order valence-electron chi connectivity index (χ2n) is 4.34. The fourth-order valence-corrected chi connectivity index (χ4v) is 2.21. The lowest BCUT2D eigenvalue weighted by Gasteiger charge is -2.11. The number of hydrogen-bond donors (Lipinski definition) is 1. The normalized spacial score (nSPS) is 13.4. The van der Waals surface area contributed by atoms with Crippen molar-refractivity contribution in [1.82, 2.24) is 5.32 Å². The van der Waals surface area contributed by atoms with Crippen molar-refractivity contribution in [3.8, 4) is 0 Å². The third-order valence-electron chi connectivity index (χ3n) is 2.42. The molecule has 0 saturated carbocycles. The Labute approximate surface area is 91.5 Å². The van der Waals surface area contributed by atoms with Crippen molar-refractivity contribution in [2.45, 2.75) is 33.1 Å². The first-order chi connectivity index (χ1) is 6.70. The molecule has 1 aromatic rings. The Hall–Kier alpha value is -0.340. The topological polar surface area (TPSA) is 12.0 Å². The Morgan fingerprint density at radius 2 is 2.14 bits per heavy atom. The highest BCUT2D eigenvalue weighted by molar-refractivity contribution is 7.07. The van der Waals surface area contributed by atoms with Crippen LogP contribution in [0.3, 0.4) is 0 Å². The van der Waals surface area contributed by atoms with Gasteiger partial charge in [-0.15, -0.1) is 0 Å². The van der Waals surface area contributed by atoms with Gasteiger partial charge in [0.1, 0.15) is 0 Å². The number of rotatable bonds is 6. The van der Waals surface area contributed by atoms with Crippen LogP contribution in [0.15, 0.2) is 16.8 Å². The highest BCUT2D eigenvalue weighted by Gasteiger charge is 2.04. The largest absolute Gasteiger partial charge is 0.316 e. The predicted octanol–water partition coefficient (Wildman–Crippen LogP) is 3.49. The summed E-state index contributed by atoms with van der Waals surface area (Å²) in [4.78, 5) is 0. The molecule has 0 aliphatic carbocycles. The van der Waals surface area contributed by atoms with Gasteiger partial charge in [0, 0.05) is 0 Å². The second-order valence-corrected chi connectivity index (χ2v) is 5.12. The molecule has 1 nitrogen and oxygen atoms in total. The van der Waals surface area contributed by atoms with E-state index in [9.17, 15) is 0 Å². The third-order valence-corrected chi connectivity index (χ3v) is 3.12. The summed E-state index contributed by atoms with van der Waals surface area (Å²) < 4.78 is 0. The van der Waals surface area contributed by atoms with Gasteiger partial charge in [0.2, 0.25) is 0 Å². The molecule has 1 heterocycles. The Balaban J connectivity index is 2.13. The van der Waals surface area contributed by atoms with E-state index in [-0.39, 0.29) is 0 Å². The van der Waals surface area contributed by atoms with Crippen LogP contribution < -0.4 is 5.32 Å². The van der Waals surface area contributed by atoms with Gasteiger partial charge in [-0.2, -0.15) is 11.3 Å². The number of nitrogens with one attached hydrogen (secondary N) is 1. The summed E-state index contributed by atoms with van der Waals surface area (Å²) in [7, 11) is 0. The van der Waals surface area contributed by atoms with Gasteiger partial charge in [0.25, 0.3) is 0 Å². The van der Waals surface area contributed by atoms with Gasteiger partial charge in [-0.05, 0) is 53.7 Å². The average Bonchev–Trinajstić information content (AvgIpc) is 2.64. The van der Waals surface area contributed by atoms with Crippen molar-refractivity contribution >= 4 is 11.3 Å². The zero-order valence-corrected chi connectivity index (χ0v) is 10.2. The van der Waals surface area contributed by atoms with Crippen LogP contribution in [0.25, 0.3) is 0 Å². The molecule has 1 aromatic heterocycles. The molecule has 2 heteroatoms. The van der Waals surface area contributed by atoms with Gasteiger partial charge in [-0.3, -0.25) is 0 Å². The number of thiophene rings is 1. The molecule has 1 atom stereocenters. The van der Waals surface area contributed by atoms with Crippen molar-refractivity contribution < 1.29 is 0 Å². The maximum Gasteiger partial charge on any atom is -0.00258 e. The summed E-state index contributed by atoms with van der Waals surface area (Å²) in [6.07, 6.45) is 1.24. The van der Waals surface area contributed by atoms with E-state index in [1.807, 2.05) is 0 Å². The van der Waals surface area contributed by atoms with E-state index in [2.05, 4.69) is 42.9 Å².